The molecule has 2 aliphatic heterocycles. The third-order valence-electron chi connectivity index (χ3n) is 14.1. The molecule has 0 radical (unpaired) electrons. The minimum Gasteiger partial charge on any atom is -0.489 e. The number of hydrogen-bond acceptors (Lipinski definition) is 15. The maximum absolute atomic E-state index is 14.6. The van der Waals surface area contributed by atoms with Gasteiger partial charge in [-0.1, -0.05) is 19.3 Å². The summed E-state index contributed by atoms with van der Waals surface area (Å²) in [6, 6.07) is 8.09. The molecule has 74 heavy (non-hydrogen) atoms. The monoisotopic (exact) mass is 1050 g/mol. The van der Waals surface area contributed by atoms with Crippen LogP contribution in [0.3, 0.4) is 0 Å². The fourth-order valence-corrected chi connectivity index (χ4v) is 10.5. The predicted octanol–water partition coefficient (Wildman–Crippen LogP) is 5.11. The Morgan fingerprint density at radius 1 is 0.851 bits per heavy atom. The Hall–Kier alpha value is -5.78. The molecule has 8 rings (SSSR count). The summed E-state index contributed by atoms with van der Waals surface area (Å²) in [6.45, 7) is 7.09. The number of nitrogens with zero attached hydrogens (tertiary/aromatic N) is 7. The highest BCUT2D eigenvalue weighted by atomic mass is 32.1. The van der Waals surface area contributed by atoms with Gasteiger partial charge in [-0.05, 0) is 80.4 Å². The number of benzene rings is 1. The lowest BCUT2D eigenvalue weighted by atomic mass is 9.83. The summed E-state index contributed by atoms with van der Waals surface area (Å²) < 4.78 is 66.1. The average Bonchev–Trinajstić information content (AvgIpc) is 4.18. The third kappa shape index (κ3) is 14.3. The van der Waals surface area contributed by atoms with E-state index in [-0.39, 0.29) is 98.8 Å². The molecule has 22 heteroatoms. The Morgan fingerprint density at radius 3 is 2.27 bits per heavy atom. The van der Waals surface area contributed by atoms with E-state index in [2.05, 4.69) is 25.7 Å². The number of hydrogen-bond donors (Lipinski definition) is 2. The van der Waals surface area contributed by atoms with Crippen LogP contribution < -0.4 is 20.1 Å². The number of likely N-dealkylation sites (tertiary alicyclic amines) is 1. The maximum Gasteiger partial charge on any atom is 0.270 e. The summed E-state index contributed by atoms with van der Waals surface area (Å²) in [7, 11) is 3.29. The van der Waals surface area contributed by atoms with Gasteiger partial charge in [0.15, 0.2) is 17.4 Å². The first-order valence-electron chi connectivity index (χ1n) is 25.8. The largest absolute Gasteiger partial charge is 0.489 e. The Morgan fingerprint density at radius 2 is 1.54 bits per heavy atom. The molecule has 2 atom stereocenters. The van der Waals surface area contributed by atoms with Gasteiger partial charge in [-0.25, -0.2) is 8.78 Å². The Balaban J connectivity index is 0.699. The molecule has 1 aromatic carbocycles. The molecular formula is C52H69F2N9O10S. The molecule has 2 saturated heterocycles. The fraction of sp³-hybridized carbons (Fsp3) is 0.577. The zero-order valence-electron chi connectivity index (χ0n) is 42.6. The van der Waals surface area contributed by atoms with Gasteiger partial charge in [0.05, 0.1) is 68.0 Å². The van der Waals surface area contributed by atoms with Crippen molar-refractivity contribution in [2.24, 2.45) is 5.92 Å². The van der Waals surface area contributed by atoms with Gasteiger partial charge in [0, 0.05) is 76.6 Å². The van der Waals surface area contributed by atoms with E-state index in [0.717, 1.165) is 91.9 Å². The zero-order valence-corrected chi connectivity index (χ0v) is 43.4. The second-order valence-electron chi connectivity index (χ2n) is 19.1. The van der Waals surface area contributed by atoms with Crippen molar-refractivity contribution in [3.05, 3.63) is 71.1 Å². The molecule has 19 nitrogen and oxygen atoms in total. The second kappa shape index (κ2) is 26.6. The van der Waals surface area contributed by atoms with Gasteiger partial charge >= 0.3 is 0 Å². The standard InChI is InChI=1S/C52H69F2N9O10S/c1-35(55-2)50(65)57-48(36-7-5-4-6-8-36)52(67)62-18-16-61(17-19-62)51(66)44-30-37-29-40(53)41(54)32-43(37)63(44)34-47(64)59(3)20-21-68-22-23-69-24-25-70-26-27-71-46-31-39(73-58-46)33-60-14-10-38(11-15-60)72-45-9-13-56-42-12-28-74-49(42)45/h9,12-13,28-32,35-36,38,48,55H,4-8,10-11,14-27,33-34H2,1-3H3,(H,57,65)/t35-,48?/m0/s1. The number of aromatic nitrogens is 3. The summed E-state index contributed by atoms with van der Waals surface area (Å²) >= 11 is 1.65. The molecule has 4 amide bonds. The van der Waals surface area contributed by atoms with Crippen molar-refractivity contribution >= 4 is 56.1 Å². The molecule has 402 valence electrons. The van der Waals surface area contributed by atoms with Crippen molar-refractivity contribution in [1.82, 2.24) is 44.9 Å². The molecule has 3 aliphatic rings. The van der Waals surface area contributed by atoms with Crippen LogP contribution in [0.15, 0.2) is 52.5 Å². The van der Waals surface area contributed by atoms with Gasteiger partial charge in [0.25, 0.3) is 11.8 Å². The van der Waals surface area contributed by atoms with Gasteiger partial charge in [-0.3, -0.25) is 29.1 Å². The molecule has 5 aromatic rings. The number of piperazine rings is 1. The van der Waals surface area contributed by atoms with E-state index in [4.69, 9.17) is 28.2 Å². The molecule has 1 aliphatic carbocycles. The van der Waals surface area contributed by atoms with E-state index in [9.17, 15) is 28.0 Å². The van der Waals surface area contributed by atoms with Gasteiger partial charge in [0.2, 0.25) is 17.7 Å². The van der Waals surface area contributed by atoms with Crippen molar-refractivity contribution in [3.63, 3.8) is 0 Å². The van der Waals surface area contributed by atoms with E-state index in [0.29, 0.717) is 45.5 Å². The van der Waals surface area contributed by atoms with E-state index in [1.807, 2.05) is 17.5 Å². The summed E-state index contributed by atoms with van der Waals surface area (Å²) in [5.74, 6) is -1.32. The van der Waals surface area contributed by atoms with Crippen LogP contribution in [-0.2, 0) is 41.7 Å². The number of piperidine rings is 1. The predicted molar refractivity (Wildman–Crippen MR) is 272 cm³/mol. The van der Waals surface area contributed by atoms with Crippen molar-refractivity contribution < 1.29 is 56.2 Å². The lowest BCUT2D eigenvalue weighted by Gasteiger charge is -2.39. The lowest BCUT2D eigenvalue weighted by Crippen LogP contribution is -2.59. The molecule has 2 N–H and O–H groups in total. The summed E-state index contributed by atoms with van der Waals surface area (Å²) in [6.07, 6.45) is 8.56. The van der Waals surface area contributed by atoms with Gasteiger partial charge < -0.3 is 58.1 Å². The number of likely N-dealkylation sites (N-methyl/N-ethyl adjacent to an activating group) is 2. The van der Waals surface area contributed by atoms with Crippen molar-refractivity contribution in [2.45, 2.75) is 83.1 Å². The molecule has 6 heterocycles. The summed E-state index contributed by atoms with van der Waals surface area (Å²) in [5.41, 5.74) is 1.26. The van der Waals surface area contributed by atoms with E-state index in [1.54, 1.807) is 54.4 Å². The molecule has 4 aromatic heterocycles. The van der Waals surface area contributed by atoms with Crippen molar-refractivity contribution in [3.8, 4) is 11.6 Å². The van der Waals surface area contributed by atoms with Crippen LogP contribution in [0.2, 0.25) is 0 Å². The number of carbonyl (C=O) groups is 4. The minimum absolute atomic E-state index is 0.0268. The van der Waals surface area contributed by atoms with Gasteiger partial charge in [-0.2, -0.15) is 0 Å². The van der Waals surface area contributed by atoms with Crippen LogP contribution in [0, 0.1) is 17.6 Å². The molecule has 1 unspecified atom stereocenters. The minimum atomic E-state index is -1.10. The van der Waals surface area contributed by atoms with Crippen LogP contribution >= 0.6 is 11.3 Å². The van der Waals surface area contributed by atoms with Crippen LogP contribution in [-0.4, -0.2) is 182 Å². The van der Waals surface area contributed by atoms with Crippen molar-refractivity contribution in [1.29, 1.82) is 0 Å². The van der Waals surface area contributed by atoms with Crippen LogP contribution in [0.5, 0.6) is 11.6 Å². The quantitative estimate of drug-likeness (QED) is 0.0733. The number of halogens is 2. The number of thiophene rings is 1. The molecule has 3 fully saturated rings. The first kappa shape index (κ1) is 54.5. The normalized spacial score (nSPS) is 16.9. The highest BCUT2D eigenvalue weighted by molar-refractivity contribution is 7.17. The first-order valence-corrected chi connectivity index (χ1v) is 26.6. The highest BCUT2D eigenvalue weighted by Gasteiger charge is 2.37. The maximum atomic E-state index is 14.6. The number of fused-ring (bicyclic) bond motifs is 2. The topological polar surface area (TPSA) is 195 Å². The third-order valence-corrected chi connectivity index (χ3v) is 15.0. The number of rotatable bonds is 25. The first-order chi connectivity index (χ1) is 35.9. The zero-order chi connectivity index (χ0) is 52.0. The second-order valence-corrected chi connectivity index (χ2v) is 20.0. The Kier molecular flexibility index (Phi) is 19.6. The molecule has 0 spiro atoms. The number of amides is 4. The fourth-order valence-electron chi connectivity index (χ4n) is 9.64. The number of ether oxygens (including phenoxy) is 5. The number of carbonyl (C=O) groups excluding carboxylic acids is 4. The van der Waals surface area contributed by atoms with Crippen LogP contribution in [0.25, 0.3) is 21.1 Å². The van der Waals surface area contributed by atoms with E-state index in [1.165, 1.54) is 15.5 Å². The Labute approximate surface area is 433 Å². The van der Waals surface area contributed by atoms with Crippen LogP contribution in [0.1, 0.15) is 68.1 Å². The highest BCUT2D eigenvalue weighted by Crippen LogP contribution is 2.32. The van der Waals surface area contributed by atoms with Crippen molar-refractivity contribution in [2.75, 3.05) is 106 Å². The summed E-state index contributed by atoms with van der Waals surface area (Å²) in [5, 5.41) is 12.3. The number of pyridine rings is 1. The molecule has 0 bridgehead atoms. The Bertz CT molecular complexity index is 2640. The molecular weight excluding hydrogens is 981 g/mol. The number of nitrogens with one attached hydrogen (secondary N) is 2. The SMILES string of the molecule is CN[C@@H](C)C(=O)NC(C(=O)N1CCN(C(=O)c2cc3cc(F)c(F)cc3n2CC(=O)N(C)CCOCCOCCOCCOc2cc(CN3CCC(Oc4ccnc5ccsc45)CC3)on2)CC1)C1CCCCC1. The van der Waals surface area contributed by atoms with Crippen LogP contribution in [0.4, 0.5) is 8.78 Å². The average molecular weight is 1050 g/mol. The summed E-state index contributed by atoms with van der Waals surface area (Å²) in [4.78, 5) is 66.0. The van der Waals surface area contributed by atoms with Gasteiger partial charge in [0.1, 0.15) is 36.7 Å². The lowest BCUT2D eigenvalue weighted by molar-refractivity contribution is -0.140. The molecule has 1 saturated carbocycles. The van der Waals surface area contributed by atoms with E-state index < -0.39 is 29.6 Å². The smallest absolute Gasteiger partial charge is 0.270 e. The van der Waals surface area contributed by atoms with Gasteiger partial charge in [-0.15, -0.1) is 11.3 Å². The van der Waals surface area contributed by atoms with E-state index >= 15 is 0 Å².